The predicted octanol–water partition coefficient (Wildman–Crippen LogP) is 2.79. The zero-order valence-electron chi connectivity index (χ0n) is 10.5. The molecular formula is C13H14ClN3O2. The van der Waals surface area contributed by atoms with E-state index in [4.69, 9.17) is 20.8 Å². The molecule has 5 nitrogen and oxygen atoms in total. The minimum atomic E-state index is -0.282. The highest BCUT2D eigenvalue weighted by Gasteiger charge is 2.22. The van der Waals surface area contributed by atoms with Gasteiger partial charge >= 0.3 is 6.01 Å². The number of fused-ring (bicyclic) bond motifs is 1. The molecule has 1 N–H and O–H groups in total. The second-order valence-electron chi connectivity index (χ2n) is 4.49. The summed E-state index contributed by atoms with van der Waals surface area (Å²) in [5, 5.41) is 10.5. The number of rotatable bonds is 4. The van der Waals surface area contributed by atoms with E-state index in [-0.39, 0.29) is 11.5 Å². The highest BCUT2D eigenvalue weighted by molar-refractivity contribution is 6.20. The average molecular weight is 280 g/mol. The van der Waals surface area contributed by atoms with Gasteiger partial charge in [0, 0.05) is 6.42 Å². The maximum absolute atomic E-state index is 5.86. The van der Waals surface area contributed by atoms with Crippen molar-refractivity contribution in [2.75, 3.05) is 11.9 Å². The smallest absolute Gasteiger partial charge is 0.315 e. The fourth-order valence-corrected chi connectivity index (χ4v) is 2.12. The van der Waals surface area contributed by atoms with Crippen molar-refractivity contribution in [2.24, 2.45) is 0 Å². The monoisotopic (exact) mass is 279 g/mol. The molecule has 6 heteroatoms. The molecule has 2 unspecified atom stereocenters. The van der Waals surface area contributed by atoms with Gasteiger partial charge in [0.2, 0.25) is 5.89 Å². The molecule has 0 spiro atoms. The number of halogens is 1. The van der Waals surface area contributed by atoms with Crippen molar-refractivity contribution in [1.29, 1.82) is 0 Å². The molecule has 0 fully saturated rings. The number of anilines is 1. The lowest BCUT2D eigenvalue weighted by Gasteiger charge is -2.10. The largest absolute Gasteiger partial charge is 0.488 e. The summed E-state index contributed by atoms with van der Waals surface area (Å²) in [7, 11) is 0. The third-order valence-electron chi connectivity index (χ3n) is 2.98. The number of aromatic nitrogens is 2. The first-order chi connectivity index (χ1) is 9.22. The van der Waals surface area contributed by atoms with E-state index >= 15 is 0 Å². The number of alkyl halides is 1. The van der Waals surface area contributed by atoms with Gasteiger partial charge in [-0.05, 0) is 18.6 Å². The van der Waals surface area contributed by atoms with E-state index in [1.165, 1.54) is 5.56 Å². The zero-order chi connectivity index (χ0) is 13.2. The number of nitrogens with zero attached hydrogens (tertiary/aromatic N) is 2. The van der Waals surface area contributed by atoms with Crippen LogP contribution in [-0.4, -0.2) is 22.8 Å². The van der Waals surface area contributed by atoms with Gasteiger partial charge in [0.25, 0.3) is 0 Å². The Kier molecular flexibility index (Phi) is 3.29. The van der Waals surface area contributed by atoms with Crippen LogP contribution in [0.4, 0.5) is 6.01 Å². The van der Waals surface area contributed by atoms with E-state index < -0.39 is 0 Å². The SMILES string of the molecule is CC(Cl)c1nnc(NCC2Cc3ccccc3O2)o1. The van der Waals surface area contributed by atoms with Gasteiger partial charge in [-0.1, -0.05) is 23.3 Å². The standard InChI is InChI=1S/C13H14ClN3O2/c1-8(14)12-16-17-13(19-12)15-7-10-6-9-4-2-3-5-11(9)18-10/h2-5,8,10H,6-7H2,1H3,(H,15,17). The van der Waals surface area contributed by atoms with E-state index in [1.54, 1.807) is 6.92 Å². The lowest BCUT2D eigenvalue weighted by atomic mass is 10.1. The highest BCUT2D eigenvalue weighted by Crippen LogP contribution is 2.28. The van der Waals surface area contributed by atoms with Crippen molar-refractivity contribution in [2.45, 2.75) is 24.8 Å². The van der Waals surface area contributed by atoms with Crippen LogP contribution < -0.4 is 10.1 Å². The Morgan fingerprint density at radius 2 is 2.26 bits per heavy atom. The number of hydrogen-bond acceptors (Lipinski definition) is 5. The van der Waals surface area contributed by atoms with Gasteiger partial charge in [0.15, 0.2) is 0 Å². The summed E-state index contributed by atoms with van der Waals surface area (Å²) in [6.07, 6.45) is 0.969. The highest BCUT2D eigenvalue weighted by atomic mass is 35.5. The Morgan fingerprint density at radius 3 is 3.00 bits per heavy atom. The Balaban J connectivity index is 1.56. The number of hydrogen-bond donors (Lipinski definition) is 1. The van der Waals surface area contributed by atoms with E-state index in [0.717, 1.165) is 12.2 Å². The van der Waals surface area contributed by atoms with Crippen LogP contribution in [0.1, 0.15) is 23.8 Å². The molecule has 2 aromatic rings. The maximum atomic E-state index is 5.86. The summed E-state index contributed by atoms with van der Waals surface area (Å²) in [6.45, 7) is 2.41. The van der Waals surface area contributed by atoms with Gasteiger partial charge < -0.3 is 14.5 Å². The number of ether oxygens (including phenoxy) is 1. The van der Waals surface area contributed by atoms with Crippen LogP contribution in [0.25, 0.3) is 0 Å². The van der Waals surface area contributed by atoms with Gasteiger partial charge in [-0.2, -0.15) is 0 Å². The third-order valence-corrected chi connectivity index (χ3v) is 3.16. The molecule has 2 atom stereocenters. The van der Waals surface area contributed by atoms with Crippen molar-refractivity contribution in [3.63, 3.8) is 0 Å². The molecule has 0 amide bonds. The molecule has 1 aromatic carbocycles. The first-order valence-corrected chi connectivity index (χ1v) is 6.62. The van der Waals surface area contributed by atoms with Crippen molar-refractivity contribution in [3.8, 4) is 5.75 Å². The van der Waals surface area contributed by atoms with Gasteiger partial charge in [-0.15, -0.1) is 16.7 Å². The van der Waals surface area contributed by atoms with E-state index in [1.807, 2.05) is 18.2 Å². The Hall–Kier alpha value is -1.75. The molecule has 1 aliphatic rings. The van der Waals surface area contributed by atoms with Crippen LogP contribution in [0.2, 0.25) is 0 Å². The maximum Gasteiger partial charge on any atom is 0.315 e. The van der Waals surface area contributed by atoms with Crippen molar-refractivity contribution in [3.05, 3.63) is 35.7 Å². The first kappa shape index (κ1) is 12.3. The molecule has 3 rings (SSSR count). The van der Waals surface area contributed by atoms with Crippen LogP contribution in [0, 0.1) is 0 Å². The second kappa shape index (κ2) is 5.09. The van der Waals surface area contributed by atoms with Gasteiger partial charge in [-0.25, -0.2) is 0 Å². The Morgan fingerprint density at radius 1 is 1.42 bits per heavy atom. The minimum absolute atomic E-state index is 0.0844. The van der Waals surface area contributed by atoms with Gasteiger partial charge in [-0.3, -0.25) is 0 Å². The van der Waals surface area contributed by atoms with Crippen LogP contribution in [0.15, 0.2) is 28.7 Å². The Bertz CT molecular complexity index is 546. The summed E-state index contributed by atoms with van der Waals surface area (Å²) < 4.78 is 11.2. The lowest BCUT2D eigenvalue weighted by molar-refractivity contribution is 0.245. The zero-order valence-corrected chi connectivity index (χ0v) is 11.2. The molecular weight excluding hydrogens is 266 g/mol. The normalized spacial score (nSPS) is 18.7. The third kappa shape index (κ3) is 2.66. The number of nitrogens with one attached hydrogen (secondary N) is 1. The molecule has 0 aliphatic carbocycles. The molecule has 100 valence electrons. The number of benzene rings is 1. The molecule has 1 aromatic heterocycles. The first-order valence-electron chi connectivity index (χ1n) is 6.18. The second-order valence-corrected chi connectivity index (χ2v) is 5.15. The van der Waals surface area contributed by atoms with Crippen molar-refractivity contribution in [1.82, 2.24) is 10.2 Å². The summed E-state index contributed by atoms with van der Waals surface area (Å²) in [4.78, 5) is 0. The van der Waals surface area contributed by atoms with Crippen molar-refractivity contribution < 1.29 is 9.15 Å². The van der Waals surface area contributed by atoms with Crippen LogP contribution in [0.5, 0.6) is 5.75 Å². The van der Waals surface area contributed by atoms with E-state index in [2.05, 4.69) is 21.6 Å². The van der Waals surface area contributed by atoms with Crippen molar-refractivity contribution >= 4 is 17.6 Å². The molecule has 2 heterocycles. The molecule has 0 radical (unpaired) electrons. The summed E-state index contributed by atoms with van der Waals surface area (Å²) >= 11 is 5.86. The Labute approximate surface area is 115 Å². The summed E-state index contributed by atoms with van der Waals surface area (Å²) in [5.41, 5.74) is 1.23. The fraction of sp³-hybridized carbons (Fsp3) is 0.385. The topological polar surface area (TPSA) is 60.2 Å². The molecule has 19 heavy (non-hydrogen) atoms. The minimum Gasteiger partial charge on any atom is -0.488 e. The van der Waals surface area contributed by atoms with Gasteiger partial charge in [0.1, 0.15) is 17.2 Å². The van der Waals surface area contributed by atoms with E-state index in [0.29, 0.717) is 18.5 Å². The fourth-order valence-electron chi connectivity index (χ4n) is 2.04. The molecule has 0 saturated carbocycles. The molecule has 1 aliphatic heterocycles. The predicted molar refractivity (Wildman–Crippen MR) is 71.6 cm³/mol. The van der Waals surface area contributed by atoms with Crippen LogP contribution >= 0.6 is 11.6 Å². The molecule has 0 bridgehead atoms. The average Bonchev–Trinajstić information content (AvgIpc) is 3.02. The molecule has 0 saturated heterocycles. The summed E-state index contributed by atoms with van der Waals surface area (Å²) in [6, 6.07) is 8.43. The quantitative estimate of drug-likeness (QED) is 0.872. The summed E-state index contributed by atoms with van der Waals surface area (Å²) in [5.74, 6) is 1.37. The van der Waals surface area contributed by atoms with E-state index in [9.17, 15) is 0 Å². The van der Waals surface area contributed by atoms with Crippen LogP contribution in [-0.2, 0) is 6.42 Å². The lowest BCUT2D eigenvalue weighted by Crippen LogP contribution is -2.24. The van der Waals surface area contributed by atoms with Crippen LogP contribution in [0.3, 0.4) is 0 Å². The number of para-hydroxylation sites is 1. The van der Waals surface area contributed by atoms with Gasteiger partial charge in [0.05, 0.1) is 6.54 Å².